The van der Waals surface area contributed by atoms with Gasteiger partial charge in [0.05, 0.1) is 13.0 Å². The number of carbonyl (C=O) groups is 4. The zero-order valence-electron chi connectivity index (χ0n) is 23.5. The van der Waals surface area contributed by atoms with E-state index in [2.05, 4.69) is 26.8 Å². The number of carbonyl (C=O) groups excluding carboxylic acids is 4. The average Bonchev–Trinajstić information content (AvgIpc) is 3.34. The zero-order chi connectivity index (χ0) is 27.8. The highest BCUT2D eigenvalue weighted by Gasteiger charge is 2.72. The van der Waals surface area contributed by atoms with Gasteiger partial charge in [0.1, 0.15) is 17.8 Å². The summed E-state index contributed by atoms with van der Waals surface area (Å²) in [5.74, 6) is -1.64. The maximum absolute atomic E-state index is 12.7. The van der Waals surface area contributed by atoms with E-state index < -0.39 is 52.5 Å². The van der Waals surface area contributed by atoms with Gasteiger partial charge in [-0.05, 0) is 50.4 Å². The van der Waals surface area contributed by atoms with Gasteiger partial charge in [0.25, 0.3) is 0 Å². The maximum Gasteiger partial charge on any atom is 0.330 e. The number of hydrogen-bond acceptors (Lipinski definition) is 8. The number of cyclic esters (lactones) is 2. The van der Waals surface area contributed by atoms with E-state index in [0.29, 0.717) is 13.0 Å². The summed E-state index contributed by atoms with van der Waals surface area (Å²) >= 11 is 0. The van der Waals surface area contributed by atoms with Gasteiger partial charge in [-0.1, -0.05) is 38.5 Å². The fourth-order valence-electron chi connectivity index (χ4n) is 9.58. The van der Waals surface area contributed by atoms with E-state index in [4.69, 9.17) is 18.9 Å². The number of hydrogen-bond donors (Lipinski definition) is 0. The normalized spacial score (nSPS) is 45.0. The summed E-state index contributed by atoms with van der Waals surface area (Å²) in [5, 5.41) is 0. The fraction of sp³-hybridized carbons (Fsp3) is 0.733. The number of allylic oxidation sites excluding steroid dienone is 2. The Kier molecular flexibility index (Phi) is 6.16. The van der Waals surface area contributed by atoms with Crippen molar-refractivity contribution in [3.05, 3.63) is 23.8 Å². The first-order valence-corrected chi connectivity index (χ1v) is 13.8. The van der Waals surface area contributed by atoms with Crippen LogP contribution in [-0.4, -0.2) is 48.3 Å². The smallest absolute Gasteiger partial charge is 0.330 e. The minimum atomic E-state index is -0.996. The first-order valence-electron chi connectivity index (χ1n) is 13.8. The van der Waals surface area contributed by atoms with Crippen molar-refractivity contribution in [1.82, 2.24) is 0 Å². The van der Waals surface area contributed by atoms with Gasteiger partial charge in [-0.15, -0.1) is 0 Å². The largest absolute Gasteiger partial charge is 0.465 e. The van der Waals surface area contributed by atoms with Gasteiger partial charge in [-0.2, -0.15) is 0 Å². The molecule has 2 saturated carbocycles. The van der Waals surface area contributed by atoms with Gasteiger partial charge in [-0.25, -0.2) is 4.79 Å². The molecule has 38 heavy (non-hydrogen) atoms. The van der Waals surface area contributed by atoms with Crippen molar-refractivity contribution < 1.29 is 38.1 Å². The molecule has 0 aromatic rings. The molecule has 0 N–H and O–H groups in total. The van der Waals surface area contributed by atoms with Gasteiger partial charge < -0.3 is 18.9 Å². The molecule has 9 atom stereocenters. The molecular weight excluding hydrogens is 488 g/mol. The molecule has 5 aliphatic rings. The number of fused-ring (bicyclic) bond motifs is 5. The summed E-state index contributed by atoms with van der Waals surface area (Å²) in [6, 6.07) is 0. The van der Waals surface area contributed by atoms with Gasteiger partial charge in [0.15, 0.2) is 0 Å². The molecule has 0 radical (unpaired) electrons. The van der Waals surface area contributed by atoms with Crippen molar-refractivity contribution in [3.8, 4) is 0 Å². The Labute approximate surface area is 224 Å². The van der Waals surface area contributed by atoms with Crippen LogP contribution in [0.4, 0.5) is 0 Å². The molecule has 0 aromatic heterocycles. The van der Waals surface area contributed by atoms with Crippen LogP contribution in [0.2, 0.25) is 0 Å². The van der Waals surface area contributed by atoms with E-state index in [0.717, 1.165) is 19.3 Å². The van der Waals surface area contributed by atoms with E-state index in [1.54, 1.807) is 0 Å². The Morgan fingerprint density at radius 1 is 1.03 bits per heavy atom. The van der Waals surface area contributed by atoms with Gasteiger partial charge in [0.2, 0.25) is 0 Å². The molecular formula is C30H40O8. The van der Waals surface area contributed by atoms with Gasteiger partial charge in [-0.3, -0.25) is 14.4 Å². The van der Waals surface area contributed by atoms with Crippen LogP contribution < -0.4 is 0 Å². The molecule has 8 heteroatoms. The molecule has 3 aliphatic carbocycles. The monoisotopic (exact) mass is 528 g/mol. The summed E-state index contributed by atoms with van der Waals surface area (Å²) in [7, 11) is 0. The third-order valence-electron chi connectivity index (χ3n) is 10.6. The molecule has 0 aromatic carbocycles. The third kappa shape index (κ3) is 3.76. The highest BCUT2D eigenvalue weighted by atomic mass is 16.6. The molecule has 2 aliphatic heterocycles. The second kappa shape index (κ2) is 8.68. The molecule has 3 fully saturated rings. The van der Waals surface area contributed by atoms with Crippen LogP contribution in [0.3, 0.4) is 0 Å². The summed E-state index contributed by atoms with van der Waals surface area (Å²) in [4.78, 5) is 49.9. The van der Waals surface area contributed by atoms with Crippen LogP contribution in [-0.2, 0) is 38.1 Å². The first-order chi connectivity index (χ1) is 17.6. The van der Waals surface area contributed by atoms with Crippen molar-refractivity contribution in [2.75, 3.05) is 6.61 Å². The van der Waals surface area contributed by atoms with Crippen LogP contribution in [0.25, 0.3) is 0 Å². The minimum absolute atomic E-state index is 0.0271. The van der Waals surface area contributed by atoms with Crippen molar-refractivity contribution in [2.24, 2.45) is 39.9 Å². The Hall–Kier alpha value is -2.64. The standard InChI is InChI=1S/C30H40O8/c1-16(31)36-24-25-27(3,4)38-22(33)11-13-29(25,6)21-10-12-28(5)19(18-14-23(34)35-15-18)8-9-20(28)30(21,7)26(24)37-17(2)32/h9,11,13,18-19,21,24-26H,8,10,12,14-15H2,1-7H3. The summed E-state index contributed by atoms with van der Waals surface area (Å²) in [6.07, 6.45) is 7.04. The van der Waals surface area contributed by atoms with Gasteiger partial charge in [0, 0.05) is 42.6 Å². The fourth-order valence-corrected chi connectivity index (χ4v) is 9.58. The SMILES string of the molecule is CC(=O)OC1C2C(C)(C)OC(=O)C=CC2(C)C2CCC3(C)C(=CCC3C3COC(=O)C3)C2(C)C1OC(C)=O. The topological polar surface area (TPSA) is 105 Å². The van der Waals surface area contributed by atoms with Crippen LogP contribution in [0.5, 0.6) is 0 Å². The summed E-state index contributed by atoms with van der Waals surface area (Å²) in [5.41, 5.74) is -1.33. The van der Waals surface area contributed by atoms with Gasteiger partial charge >= 0.3 is 23.9 Å². The van der Waals surface area contributed by atoms with Crippen LogP contribution in [0, 0.1) is 39.9 Å². The highest BCUT2D eigenvalue weighted by molar-refractivity contribution is 5.83. The average molecular weight is 529 g/mol. The number of esters is 4. The predicted octanol–water partition coefficient (Wildman–Crippen LogP) is 4.31. The van der Waals surface area contributed by atoms with Crippen LogP contribution >= 0.6 is 0 Å². The lowest BCUT2D eigenvalue weighted by Crippen LogP contribution is -2.70. The van der Waals surface area contributed by atoms with Crippen LogP contribution in [0.15, 0.2) is 23.8 Å². The lowest BCUT2D eigenvalue weighted by atomic mass is 9.39. The second-order valence-corrected chi connectivity index (χ2v) is 13.2. The van der Waals surface area contributed by atoms with E-state index in [1.165, 1.54) is 25.5 Å². The molecule has 0 spiro atoms. The molecule has 208 valence electrons. The van der Waals surface area contributed by atoms with Crippen molar-refractivity contribution in [1.29, 1.82) is 0 Å². The van der Waals surface area contributed by atoms with E-state index in [9.17, 15) is 19.2 Å². The zero-order valence-corrected chi connectivity index (χ0v) is 23.5. The molecule has 5 rings (SSSR count). The van der Waals surface area contributed by atoms with Crippen molar-refractivity contribution in [3.63, 3.8) is 0 Å². The van der Waals surface area contributed by atoms with E-state index in [1.807, 2.05) is 19.9 Å². The van der Waals surface area contributed by atoms with E-state index >= 15 is 0 Å². The number of ether oxygens (including phenoxy) is 4. The van der Waals surface area contributed by atoms with E-state index in [-0.39, 0.29) is 29.1 Å². The highest BCUT2D eigenvalue weighted by Crippen LogP contribution is 2.72. The first kappa shape index (κ1) is 26.9. The quantitative estimate of drug-likeness (QED) is 0.303. The maximum atomic E-state index is 12.7. The molecule has 0 amide bonds. The van der Waals surface area contributed by atoms with Crippen molar-refractivity contribution in [2.45, 2.75) is 92.0 Å². The lowest BCUT2D eigenvalue weighted by molar-refractivity contribution is -0.248. The Bertz CT molecular complexity index is 1140. The Balaban J connectivity index is 1.69. The molecule has 2 heterocycles. The molecule has 1 saturated heterocycles. The lowest BCUT2D eigenvalue weighted by Gasteiger charge is -2.66. The molecule has 9 unspecified atom stereocenters. The Morgan fingerprint density at radius 3 is 2.32 bits per heavy atom. The summed E-state index contributed by atoms with van der Waals surface area (Å²) < 4.78 is 23.5. The second-order valence-electron chi connectivity index (χ2n) is 13.2. The predicted molar refractivity (Wildman–Crippen MR) is 136 cm³/mol. The van der Waals surface area contributed by atoms with Crippen LogP contribution in [0.1, 0.15) is 74.1 Å². The summed E-state index contributed by atoms with van der Waals surface area (Å²) in [6.45, 7) is 13.4. The molecule has 0 bridgehead atoms. The molecule has 8 nitrogen and oxygen atoms in total. The number of rotatable bonds is 3. The Morgan fingerprint density at radius 2 is 1.71 bits per heavy atom. The third-order valence-corrected chi connectivity index (χ3v) is 10.6. The minimum Gasteiger partial charge on any atom is -0.465 e. The van der Waals surface area contributed by atoms with Crippen molar-refractivity contribution >= 4 is 23.9 Å².